The van der Waals surface area contributed by atoms with Crippen LogP contribution in [0.2, 0.25) is 0 Å². The summed E-state index contributed by atoms with van der Waals surface area (Å²) in [4.78, 5) is 0. The van der Waals surface area contributed by atoms with Crippen molar-refractivity contribution >= 4 is 0 Å². The van der Waals surface area contributed by atoms with Crippen LogP contribution in [0.25, 0.3) is 0 Å². The van der Waals surface area contributed by atoms with Crippen LogP contribution in [-0.2, 0) is 18.6 Å². The van der Waals surface area contributed by atoms with Gasteiger partial charge in [0.1, 0.15) is 0 Å². The van der Waals surface area contributed by atoms with Gasteiger partial charge in [0.25, 0.3) is 0 Å². The summed E-state index contributed by atoms with van der Waals surface area (Å²) in [7, 11) is 1.63. The molecule has 0 N–H and O–H groups in total. The van der Waals surface area contributed by atoms with E-state index in [-0.39, 0.29) is 11.3 Å². The maximum Gasteiger partial charge on any atom is 0.435 e. The third-order valence-electron chi connectivity index (χ3n) is 5.47. The van der Waals surface area contributed by atoms with Crippen LogP contribution in [0.4, 0.5) is 13.2 Å². The smallest absolute Gasteiger partial charge is 0.271 e. The molecule has 1 heterocycles. The van der Waals surface area contributed by atoms with Crippen molar-refractivity contribution in [3.8, 4) is 0 Å². The molecule has 5 heteroatoms. The molecular weight excluding hydrogens is 241 g/mol. The molecule has 0 aromatic carbocycles. The third kappa shape index (κ3) is 1.09. The van der Waals surface area contributed by atoms with Gasteiger partial charge in [0.05, 0.1) is 0 Å². The van der Waals surface area contributed by atoms with Crippen LogP contribution in [0.5, 0.6) is 0 Å². The van der Waals surface area contributed by atoms with Crippen LogP contribution in [-0.4, -0.2) is 9.78 Å². The van der Waals surface area contributed by atoms with Crippen molar-refractivity contribution in [2.75, 3.05) is 0 Å². The molecule has 0 aliphatic heterocycles. The maximum absolute atomic E-state index is 13.1. The molecule has 100 valence electrons. The van der Waals surface area contributed by atoms with Crippen molar-refractivity contribution in [2.24, 2.45) is 12.5 Å². The molecule has 2 atom stereocenters. The predicted molar refractivity (Wildman–Crippen MR) is 61.3 cm³/mol. The van der Waals surface area contributed by atoms with Crippen molar-refractivity contribution in [1.29, 1.82) is 0 Å². The average Bonchev–Trinajstić information content (AvgIpc) is 2.72. The SMILES string of the molecule is Cn1nc(C(F)(F)F)c2c1C1CCC2(C)C1(C)C. The molecule has 2 aliphatic rings. The van der Waals surface area contributed by atoms with Gasteiger partial charge in [-0.1, -0.05) is 20.8 Å². The van der Waals surface area contributed by atoms with Gasteiger partial charge in [0.2, 0.25) is 0 Å². The lowest BCUT2D eigenvalue weighted by atomic mass is 9.68. The summed E-state index contributed by atoms with van der Waals surface area (Å²) >= 11 is 0. The van der Waals surface area contributed by atoms with Gasteiger partial charge >= 0.3 is 6.18 Å². The van der Waals surface area contributed by atoms with Gasteiger partial charge in [-0.05, 0) is 18.3 Å². The fourth-order valence-corrected chi connectivity index (χ4v) is 4.11. The quantitative estimate of drug-likeness (QED) is 0.695. The van der Waals surface area contributed by atoms with Gasteiger partial charge in [-0.25, -0.2) is 0 Å². The number of hydrogen-bond donors (Lipinski definition) is 0. The van der Waals surface area contributed by atoms with E-state index in [0.29, 0.717) is 5.56 Å². The van der Waals surface area contributed by atoms with Crippen molar-refractivity contribution < 1.29 is 13.2 Å². The zero-order valence-electron chi connectivity index (χ0n) is 11.0. The van der Waals surface area contributed by atoms with E-state index < -0.39 is 17.3 Å². The highest BCUT2D eigenvalue weighted by Crippen LogP contribution is 2.69. The molecule has 1 aromatic rings. The van der Waals surface area contributed by atoms with Gasteiger partial charge in [0, 0.05) is 29.6 Å². The summed E-state index contributed by atoms with van der Waals surface area (Å²) in [5.41, 5.74) is 0.0856. The van der Waals surface area contributed by atoms with Gasteiger partial charge < -0.3 is 0 Å². The Kier molecular flexibility index (Phi) is 1.97. The van der Waals surface area contributed by atoms with E-state index in [0.717, 1.165) is 18.5 Å². The number of aryl methyl sites for hydroxylation is 1. The van der Waals surface area contributed by atoms with Gasteiger partial charge in [-0.3, -0.25) is 4.68 Å². The molecule has 2 unspecified atom stereocenters. The molecule has 3 rings (SSSR count). The first-order valence-electron chi connectivity index (χ1n) is 6.25. The summed E-state index contributed by atoms with van der Waals surface area (Å²) in [6.07, 6.45) is -2.56. The van der Waals surface area contributed by atoms with E-state index in [1.54, 1.807) is 7.05 Å². The van der Waals surface area contributed by atoms with E-state index >= 15 is 0 Å². The molecule has 0 radical (unpaired) electrons. The number of aromatic nitrogens is 2. The Hall–Kier alpha value is -1.00. The Morgan fingerprint density at radius 3 is 2.44 bits per heavy atom. The first kappa shape index (κ1) is 12.1. The summed E-state index contributed by atoms with van der Waals surface area (Å²) in [5.74, 6) is 0.200. The lowest BCUT2D eigenvalue weighted by Crippen LogP contribution is -2.33. The number of alkyl halides is 3. The van der Waals surface area contributed by atoms with Crippen molar-refractivity contribution in [1.82, 2.24) is 9.78 Å². The van der Waals surface area contributed by atoms with E-state index in [9.17, 15) is 13.2 Å². The zero-order chi connectivity index (χ0) is 13.5. The van der Waals surface area contributed by atoms with E-state index in [1.807, 2.05) is 6.92 Å². The normalized spacial score (nSPS) is 32.9. The van der Waals surface area contributed by atoms with Crippen LogP contribution in [0.3, 0.4) is 0 Å². The third-order valence-corrected chi connectivity index (χ3v) is 5.47. The molecule has 18 heavy (non-hydrogen) atoms. The molecule has 2 bridgehead atoms. The Bertz CT molecular complexity index is 527. The number of halogens is 3. The monoisotopic (exact) mass is 258 g/mol. The van der Waals surface area contributed by atoms with Gasteiger partial charge in [0.15, 0.2) is 5.69 Å². The minimum atomic E-state index is -4.35. The Balaban J connectivity index is 2.32. The minimum absolute atomic E-state index is 0.113. The zero-order valence-corrected chi connectivity index (χ0v) is 11.0. The van der Waals surface area contributed by atoms with E-state index in [2.05, 4.69) is 18.9 Å². The second kappa shape index (κ2) is 2.94. The van der Waals surface area contributed by atoms with Crippen LogP contribution in [0.1, 0.15) is 56.5 Å². The van der Waals surface area contributed by atoms with Crippen LogP contribution in [0.15, 0.2) is 0 Å². The number of rotatable bonds is 0. The van der Waals surface area contributed by atoms with Gasteiger partial charge in [-0.15, -0.1) is 0 Å². The molecule has 0 spiro atoms. The van der Waals surface area contributed by atoms with Crippen LogP contribution >= 0.6 is 0 Å². The summed E-state index contributed by atoms with van der Waals surface area (Å²) < 4.78 is 40.8. The number of nitrogens with zero attached hydrogens (tertiary/aromatic N) is 2. The second-order valence-corrected chi connectivity index (χ2v) is 6.38. The predicted octanol–water partition coefficient (Wildman–Crippen LogP) is 3.61. The Morgan fingerprint density at radius 1 is 1.28 bits per heavy atom. The lowest BCUT2D eigenvalue weighted by Gasteiger charge is -2.35. The Morgan fingerprint density at radius 2 is 1.89 bits per heavy atom. The number of fused-ring (bicyclic) bond motifs is 5. The summed E-state index contributed by atoms with van der Waals surface area (Å²) in [6, 6.07) is 0. The van der Waals surface area contributed by atoms with E-state index in [1.165, 1.54) is 4.68 Å². The fraction of sp³-hybridized carbons (Fsp3) is 0.769. The molecule has 1 saturated carbocycles. The highest BCUT2D eigenvalue weighted by Gasteiger charge is 2.64. The van der Waals surface area contributed by atoms with Crippen molar-refractivity contribution in [2.45, 2.75) is 51.1 Å². The van der Waals surface area contributed by atoms with E-state index in [4.69, 9.17) is 0 Å². The van der Waals surface area contributed by atoms with Crippen molar-refractivity contribution in [3.63, 3.8) is 0 Å². The molecule has 2 nitrogen and oxygen atoms in total. The van der Waals surface area contributed by atoms with Crippen molar-refractivity contribution in [3.05, 3.63) is 17.0 Å². The first-order chi connectivity index (χ1) is 8.11. The molecular formula is C13H17F3N2. The lowest BCUT2D eigenvalue weighted by molar-refractivity contribution is -0.142. The largest absolute Gasteiger partial charge is 0.435 e. The highest BCUT2D eigenvalue weighted by atomic mass is 19.4. The molecule has 2 aliphatic carbocycles. The Labute approximate surface area is 104 Å². The number of hydrogen-bond acceptors (Lipinski definition) is 1. The standard InChI is InChI=1S/C13H17F3N2/c1-11(2)7-5-6-12(11,3)8-9(7)18(4)17-10(8)13(14,15)16/h7H,5-6H2,1-4H3. The molecule has 1 fully saturated rings. The highest BCUT2D eigenvalue weighted by molar-refractivity contribution is 5.49. The van der Waals surface area contributed by atoms with Crippen LogP contribution < -0.4 is 0 Å². The fourth-order valence-electron chi connectivity index (χ4n) is 4.11. The van der Waals surface area contributed by atoms with Gasteiger partial charge in [-0.2, -0.15) is 18.3 Å². The minimum Gasteiger partial charge on any atom is -0.271 e. The van der Waals surface area contributed by atoms with Crippen LogP contribution in [0, 0.1) is 5.41 Å². The first-order valence-corrected chi connectivity index (χ1v) is 6.25. The molecule has 0 amide bonds. The molecule has 0 saturated heterocycles. The summed E-state index contributed by atoms with van der Waals surface area (Å²) in [6.45, 7) is 6.14. The summed E-state index contributed by atoms with van der Waals surface area (Å²) in [5, 5.41) is 3.75. The average molecular weight is 258 g/mol. The topological polar surface area (TPSA) is 17.8 Å². The second-order valence-electron chi connectivity index (χ2n) is 6.38. The molecule has 1 aromatic heterocycles. The maximum atomic E-state index is 13.1.